The summed E-state index contributed by atoms with van der Waals surface area (Å²) in [6, 6.07) is 5.32. The fourth-order valence-corrected chi connectivity index (χ4v) is 3.77. The quantitative estimate of drug-likeness (QED) is 0.917. The molecule has 1 aliphatic heterocycles. The van der Waals surface area contributed by atoms with Crippen LogP contribution in [0.3, 0.4) is 0 Å². The number of carbonyl (C=O) groups excluding carboxylic acids is 1. The summed E-state index contributed by atoms with van der Waals surface area (Å²) in [4.78, 5) is 15.8. The molecule has 1 N–H and O–H groups in total. The molecule has 1 aromatic heterocycles. The number of rotatable bonds is 4. The predicted molar refractivity (Wildman–Crippen MR) is 89.5 cm³/mol. The fourth-order valence-electron chi connectivity index (χ4n) is 2.90. The molecular formula is C17H28N2OS. The first-order chi connectivity index (χ1) is 9.91. The second kappa shape index (κ2) is 6.93. The lowest BCUT2D eigenvalue weighted by molar-refractivity contribution is -0.140. The van der Waals surface area contributed by atoms with E-state index in [9.17, 15) is 4.79 Å². The molecule has 1 atom stereocenters. The van der Waals surface area contributed by atoms with Gasteiger partial charge in [0.1, 0.15) is 0 Å². The summed E-state index contributed by atoms with van der Waals surface area (Å²) < 4.78 is 0. The van der Waals surface area contributed by atoms with Gasteiger partial charge in [-0.15, -0.1) is 11.3 Å². The average Bonchev–Trinajstić information content (AvgIpc) is 2.97. The van der Waals surface area contributed by atoms with Crippen molar-refractivity contribution in [2.45, 2.75) is 59.0 Å². The SMILES string of the molecule is CCC(NC1CCN(C(=O)C(C)(C)C)CC1)c1cccs1. The minimum atomic E-state index is -0.261. The molecule has 1 saturated heterocycles. The highest BCUT2D eigenvalue weighted by Gasteiger charge is 2.30. The largest absolute Gasteiger partial charge is 0.342 e. The van der Waals surface area contributed by atoms with Crippen LogP contribution in [0.25, 0.3) is 0 Å². The van der Waals surface area contributed by atoms with E-state index in [1.807, 2.05) is 37.0 Å². The lowest BCUT2D eigenvalue weighted by atomic mass is 9.92. The second-order valence-electron chi connectivity index (χ2n) is 6.96. The first kappa shape index (κ1) is 16.5. The molecule has 0 spiro atoms. The highest BCUT2D eigenvalue weighted by atomic mass is 32.1. The van der Waals surface area contributed by atoms with E-state index >= 15 is 0 Å². The molecule has 0 radical (unpaired) electrons. The van der Waals surface area contributed by atoms with Gasteiger partial charge < -0.3 is 10.2 Å². The van der Waals surface area contributed by atoms with Gasteiger partial charge >= 0.3 is 0 Å². The van der Waals surface area contributed by atoms with Crippen LogP contribution in [0.5, 0.6) is 0 Å². The van der Waals surface area contributed by atoms with Crippen molar-refractivity contribution in [2.24, 2.45) is 5.41 Å². The Morgan fingerprint density at radius 2 is 2.10 bits per heavy atom. The summed E-state index contributed by atoms with van der Waals surface area (Å²) in [5.74, 6) is 0.284. The van der Waals surface area contributed by atoms with Crippen LogP contribution < -0.4 is 5.32 Å². The van der Waals surface area contributed by atoms with Crippen molar-refractivity contribution < 1.29 is 4.79 Å². The molecule has 1 aromatic rings. The van der Waals surface area contributed by atoms with Gasteiger partial charge in [0.2, 0.25) is 5.91 Å². The van der Waals surface area contributed by atoms with E-state index in [1.165, 1.54) is 4.88 Å². The van der Waals surface area contributed by atoms with E-state index in [0.29, 0.717) is 12.1 Å². The molecule has 2 heterocycles. The Labute approximate surface area is 132 Å². The number of hydrogen-bond donors (Lipinski definition) is 1. The molecule has 1 unspecified atom stereocenters. The second-order valence-corrected chi connectivity index (χ2v) is 7.94. The molecule has 0 aromatic carbocycles. The van der Waals surface area contributed by atoms with Crippen LogP contribution in [0, 0.1) is 5.41 Å². The zero-order chi connectivity index (χ0) is 15.5. The van der Waals surface area contributed by atoms with Gasteiger partial charge in [0.25, 0.3) is 0 Å². The molecule has 4 heteroatoms. The number of likely N-dealkylation sites (tertiary alicyclic amines) is 1. The van der Waals surface area contributed by atoms with Crippen LogP contribution in [0.15, 0.2) is 17.5 Å². The summed E-state index contributed by atoms with van der Waals surface area (Å²) >= 11 is 1.83. The normalized spacial score (nSPS) is 18.8. The third-order valence-electron chi connectivity index (χ3n) is 4.16. The molecule has 2 rings (SSSR count). The van der Waals surface area contributed by atoms with Gasteiger partial charge in [0.15, 0.2) is 0 Å². The van der Waals surface area contributed by atoms with Crippen LogP contribution in [0.4, 0.5) is 0 Å². The van der Waals surface area contributed by atoms with E-state index in [0.717, 1.165) is 32.4 Å². The van der Waals surface area contributed by atoms with E-state index < -0.39 is 0 Å². The minimum Gasteiger partial charge on any atom is -0.342 e. The average molecular weight is 308 g/mol. The molecule has 1 fully saturated rings. The number of hydrogen-bond acceptors (Lipinski definition) is 3. The number of piperidine rings is 1. The Kier molecular flexibility index (Phi) is 5.44. The zero-order valence-corrected chi connectivity index (χ0v) is 14.5. The Morgan fingerprint density at radius 1 is 1.43 bits per heavy atom. The number of amides is 1. The molecule has 118 valence electrons. The van der Waals surface area contributed by atoms with Crippen molar-refractivity contribution in [3.63, 3.8) is 0 Å². The summed E-state index contributed by atoms with van der Waals surface area (Å²) in [5.41, 5.74) is -0.261. The van der Waals surface area contributed by atoms with E-state index in [1.54, 1.807) is 0 Å². The number of nitrogens with one attached hydrogen (secondary N) is 1. The monoisotopic (exact) mass is 308 g/mol. The number of nitrogens with zero attached hydrogens (tertiary/aromatic N) is 1. The number of carbonyl (C=O) groups is 1. The topological polar surface area (TPSA) is 32.3 Å². The maximum Gasteiger partial charge on any atom is 0.227 e. The van der Waals surface area contributed by atoms with Crippen molar-refractivity contribution in [1.82, 2.24) is 10.2 Å². The van der Waals surface area contributed by atoms with Crippen molar-refractivity contribution in [2.75, 3.05) is 13.1 Å². The molecule has 21 heavy (non-hydrogen) atoms. The summed E-state index contributed by atoms with van der Waals surface area (Å²) in [6.07, 6.45) is 3.23. The molecule has 1 aliphatic rings. The number of thiophene rings is 1. The molecule has 0 bridgehead atoms. The minimum absolute atomic E-state index is 0.261. The smallest absolute Gasteiger partial charge is 0.227 e. The van der Waals surface area contributed by atoms with Crippen LogP contribution in [-0.2, 0) is 4.79 Å². The van der Waals surface area contributed by atoms with Gasteiger partial charge in [-0.1, -0.05) is 33.8 Å². The van der Waals surface area contributed by atoms with Crippen molar-refractivity contribution >= 4 is 17.2 Å². The molecule has 0 aliphatic carbocycles. The highest BCUT2D eigenvalue weighted by molar-refractivity contribution is 7.10. The van der Waals surface area contributed by atoms with Gasteiger partial charge in [0, 0.05) is 35.5 Å². The van der Waals surface area contributed by atoms with Crippen LogP contribution >= 0.6 is 11.3 Å². The van der Waals surface area contributed by atoms with Gasteiger partial charge in [-0.2, -0.15) is 0 Å². The standard InChI is InChI=1S/C17H28N2OS/c1-5-14(15-7-6-12-21-15)18-13-8-10-19(11-9-13)16(20)17(2,3)4/h6-7,12-14,18H,5,8-11H2,1-4H3. The van der Waals surface area contributed by atoms with Crippen LogP contribution in [0.2, 0.25) is 0 Å². The van der Waals surface area contributed by atoms with Crippen molar-refractivity contribution in [1.29, 1.82) is 0 Å². The van der Waals surface area contributed by atoms with Gasteiger partial charge in [-0.3, -0.25) is 4.79 Å². The Bertz CT molecular complexity index is 442. The van der Waals surface area contributed by atoms with E-state index in [-0.39, 0.29) is 11.3 Å². The first-order valence-corrected chi connectivity index (χ1v) is 8.88. The molecule has 0 saturated carbocycles. The van der Waals surface area contributed by atoms with Crippen molar-refractivity contribution in [3.8, 4) is 0 Å². The van der Waals surface area contributed by atoms with Gasteiger partial charge in [0.05, 0.1) is 0 Å². The lowest BCUT2D eigenvalue weighted by Gasteiger charge is -2.37. The third-order valence-corrected chi connectivity index (χ3v) is 5.14. The Morgan fingerprint density at radius 3 is 2.57 bits per heavy atom. The summed E-state index contributed by atoms with van der Waals surface area (Å²) in [5, 5.41) is 5.92. The Hall–Kier alpha value is -0.870. The summed E-state index contributed by atoms with van der Waals surface area (Å²) in [7, 11) is 0. The zero-order valence-electron chi connectivity index (χ0n) is 13.7. The van der Waals surface area contributed by atoms with E-state index in [2.05, 4.69) is 29.8 Å². The molecule has 3 nitrogen and oxygen atoms in total. The molecular weight excluding hydrogens is 280 g/mol. The maximum atomic E-state index is 12.3. The summed E-state index contributed by atoms with van der Waals surface area (Å²) in [6.45, 7) is 10.0. The molecule has 1 amide bonds. The highest BCUT2D eigenvalue weighted by Crippen LogP contribution is 2.25. The third kappa shape index (κ3) is 4.30. The van der Waals surface area contributed by atoms with Crippen molar-refractivity contribution in [3.05, 3.63) is 22.4 Å². The van der Waals surface area contributed by atoms with E-state index in [4.69, 9.17) is 0 Å². The fraction of sp³-hybridized carbons (Fsp3) is 0.706. The van der Waals surface area contributed by atoms with Crippen LogP contribution in [-0.4, -0.2) is 29.9 Å². The van der Waals surface area contributed by atoms with Gasteiger partial charge in [-0.05, 0) is 30.7 Å². The maximum absolute atomic E-state index is 12.3. The predicted octanol–water partition coefficient (Wildman–Crippen LogP) is 3.83. The Balaban J connectivity index is 1.85. The lowest BCUT2D eigenvalue weighted by Crippen LogP contribution is -2.48. The van der Waals surface area contributed by atoms with Crippen LogP contribution in [0.1, 0.15) is 57.9 Å². The van der Waals surface area contributed by atoms with Gasteiger partial charge in [-0.25, -0.2) is 0 Å². The first-order valence-electron chi connectivity index (χ1n) is 8.00.